The molecule has 0 saturated heterocycles. The van der Waals surface area contributed by atoms with Crippen LogP contribution in [0, 0.1) is 13.8 Å². The third kappa shape index (κ3) is 2.05. The van der Waals surface area contributed by atoms with Crippen molar-refractivity contribution in [2.75, 3.05) is 0 Å². The second kappa shape index (κ2) is 4.03. The van der Waals surface area contributed by atoms with Gasteiger partial charge in [-0.1, -0.05) is 13.8 Å². The molecule has 0 spiro atoms. The van der Waals surface area contributed by atoms with E-state index in [0.717, 1.165) is 16.8 Å². The van der Waals surface area contributed by atoms with E-state index in [1.54, 1.807) is 6.20 Å². The smallest absolute Gasteiger partial charge is 0.192 e. The molecule has 0 saturated carbocycles. The highest BCUT2D eigenvalue weighted by atomic mass is 16.3. The summed E-state index contributed by atoms with van der Waals surface area (Å²) in [6, 6.07) is 1.91. The molecule has 3 nitrogen and oxygen atoms in total. The Labute approximate surface area is 77.8 Å². The Morgan fingerprint density at radius 1 is 1.23 bits per heavy atom. The molecule has 0 aliphatic heterocycles. The summed E-state index contributed by atoms with van der Waals surface area (Å²) < 4.78 is 5.25. The molecule has 0 aliphatic rings. The van der Waals surface area contributed by atoms with Crippen molar-refractivity contribution in [2.24, 2.45) is 0 Å². The van der Waals surface area contributed by atoms with E-state index in [9.17, 15) is 0 Å². The minimum Gasteiger partial charge on any atom is -0.439 e. The Bertz CT molecular complexity index is 393. The predicted molar refractivity (Wildman–Crippen MR) is 52.6 cm³/mol. The molecule has 2 heterocycles. The molecule has 0 N–H and O–H groups in total. The monoisotopic (exact) mass is 178 g/mol. The number of oxazole rings is 1. The zero-order chi connectivity index (χ0) is 9.84. The third-order valence-electron chi connectivity index (χ3n) is 1.52. The molecule has 0 atom stereocenters. The first-order valence-electron chi connectivity index (χ1n) is 4.45. The molecule has 0 aromatic carbocycles. The van der Waals surface area contributed by atoms with Gasteiger partial charge in [0.1, 0.15) is 5.52 Å². The molecule has 0 bridgehead atoms. The van der Waals surface area contributed by atoms with E-state index in [-0.39, 0.29) is 0 Å². The molecule has 2 aromatic heterocycles. The molecule has 0 fully saturated rings. The van der Waals surface area contributed by atoms with Crippen molar-refractivity contribution in [1.82, 2.24) is 9.97 Å². The van der Waals surface area contributed by atoms with E-state index < -0.39 is 0 Å². The SMILES string of the molecule is CC.Cc1cc2nc(C)oc2cn1. The fraction of sp³-hybridized carbons (Fsp3) is 0.400. The van der Waals surface area contributed by atoms with Gasteiger partial charge in [0.25, 0.3) is 0 Å². The van der Waals surface area contributed by atoms with Crippen LogP contribution in [0.25, 0.3) is 11.1 Å². The van der Waals surface area contributed by atoms with Crippen molar-refractivity contribution < 1.29 is 4.42 Å². The lowest BCUT2D eigenvalue weighted by Gasteiger charge is -1.86. The van der Waals surface area contributed by atoms with Gasteiger partial charge in [-0.25, -0.2) is 4.98 Å². The lowest BCUT2D eigenvalue weighted by atomic mass is 10.3. The average molecular weight is 178 g/mol. The maximum absolute atomic E-state index is 5.25. The standard InChI is InChI=1S/C8H8N2O.C2H6/c1-5-3-7-8(4-9-5)11-6(2)10-7;1-2/h3-4H,1-2H3;1-2H3. The second-order valence-electron chi connectivity index (χ2n) is 2.53. The van der Waals surface area contributed by atoms with E-state index in [1.165, 1.54) is 0 Å². The number of hydrogen-bond acceptors (Lipinski definition) is 3. The van der Waals surface area contributed by atoms with E-state index in [1.807, 2.05) is 33.8 Å². The molecule has 2 aromatic rings. The quantitative estimate of drug-likeness (QED) is 0.622. The zero-order valence-corrected chi connectivity index (χ0v) is 8.46. The fourth-order valence-corrected chi connectivity index (χ4v) is 1.05. The van der Waals surface area contributed by atoms with Gasteiger partial charge in [0, 0.05) is 12.6 Å². The minimum absolute atomic E-state index is 0.687. The lowest BCUT2D eigenvalue weighted by molar-refractivity contribution is 0.560. The maximum atomic E-state index is 5.25. The third-order valence-corrected chi connectivity index (χ3v) is 1.52. The Morgan fingerprint density at radius 2 is 1.92 bits per heavy atom. The Balaban J connectivity index is 0.000000396. The predicted octanol–water partition coefficient (Wildman–Crippen LogP) is 2.87. The van der Waals surface area contributed by atoms with E-state index in [0.29, 0.717) is 5.89 Å². The first kappa shape index (κ1) is 9.71. The van der Waals surface area contributed by atoms with Crippen LogP contribution in [-0.2, 0) is 0 Å². The van der Waals surface area contributed by atoms with Crippen LogP contribution in [0.15, 0.2) is 16.7 Å². The highest BCUT2D eigenvalue weighted by Crippen LogP contribution is 2.13. The summed E-state index contributed by atoms with van der Waals surface area (Å²) in [6.45, 7) is 7.76. The van der Waals surface area contributed by atoms with Crippen molar-refractivity contribution in [3.8, 4) is 0 Å². The maximum Gasteiger partial charge on any atom is 0.192 e. The first-order valence-corrected chi connectivity index (χ1v) is 4.45. The average Bonchev–Trinajstić information content (AvgIpc) is 2.48. The van der Waals surface area contributed by atoms with E-state index in [4.69, 9.17) is 4.42 Å². The Morgan fingerprint density at radius 3 is 2.62 bits per heavy atom. The topological polar surface area (TPSA) is 38.9 Å². The molecule has 0 amide bonds. The van der Waals surface area contributed by atoms with Crippen LogP contribution in [0.2, 0.25) is 0 Å². The number of fused-ring (bicyclic) bond motifs is 1. The first-order chi connectivity index (χ1) is 6.25. The van der Waals surface area contributed by atoms with E-state index >= 15 is 0 Å². The number of nitrogens with zero attached hydrogens (tertiary/aromatic N) is 2. The molecular formula is C10H14N2O. The van der Waals surface area contributed by atoms with Gasteiger partial charge in [0.05, 0.1) is 6.20 Å². The lowest BCUT2D eigenvalue weighted by Crippen LogP contribution is -1.77. The van der Waals surface area contributed by atoms with Crippen molar-refractivity contribution >= 4 is 11.1 Å². The molecule has 3 heteroatoms. The van der Waals surface area contributed by atoms with Crippen LogP contribution in [0.1, 0.15) is 25.4 Å². The van der Waals surface area contributed by atoms with Crippen molar-refractivity contribution in [1.29, 1.82) is 0 Å². The van der Waals surface area contributed by atoms with Gasteiger partial charge in [0.2, 0.25) is 0 Å². The molecule has 70 valence electrons. The van der Waals surface area contributed by atoms with Crippen molar-refractivity contribution in [3.05, 3.63) is 23.8 Å². The molecular weight excluding hydrogens is 164 g/mol. The summed E-state index contributed by atoms with van der Waals surface area (Å²) in [5, 5.41) is 0. The van der Waals surface area contributed by atoms with Gasteiger partial charge in [0.15, 0.2) is 11.5 Å². The zero-order valence-electron chi connectivity index (χ0n) is 8.46. The van der Waals surface area contributed by atoms with Crippen molar-refractivity contribution in [2.45, 2.75) is 27.7 Å². The molecule has 0 radical (unpaired) electrons. The highest BCUT2D eigenvalue weighted by molar-refractivity contribution is 5.71. The Hall–Kier alpha value is -1.38. The van der Waals surface area contributed by atoms with Gasteiger partial charge < -0.3 is 4.42 Å². The fourth-order valence-electron chi connectivity index (χ4n) is 1.05. The molecule has 0 aliphatic carbocycles. The Kier molecular flexibility index (Phi) is 3.01. The molecule has 2 rings (SSSR count). The summed E-state index contributed by atoms with van der Waals surface area (Å²) in [7, 11) is 0. The largest absolute Gasteiger partial charge is 0.439 e. The summed E-state index contributed by atoms with van der Waals surface area (Å²) in [5.41, 5.74) is 2.61. The van der Waals surface area contributed by atoms with Gasteiger partial charge in [-0.2, -0.15) is 0 Å². The van der Waals surface area contributed by atoms with Gasteiger partial charge in [-0.3, -0.25) is 4.98 Å². The minimum atomic E-state index is 0.687. The van der Waals surface area contributed by atoms with Crippen LogP contribution < -0.4 is 0 Å². The number of hydrogen-bond donors (Lipinski definition) is 0. The van der Waals surface area contributed by atoms with Crippen LogP contribution in [0.3, 0.4) is 0 Å². The summed E-state index contributed by atoms with van der Waals surface area (Å²) >= 11 is 0. The van der Waals surface area contributed by atoms with Gasteiger partial charge >= 0.3 is 0 Å². The summed E-state index contributed by atoms with van der Waals surface area (Å²) in [4.78, 5) is 8.25. The number of pyridine rings is 1. The normalized spacial score (nSPS) is 9.54. The number of aryl methyl sites for hydroxylation is 2. The summed E-state index contributed by atoms with van der Waals surface area (Å²) in [5.74, 6) is 0.687. The van der Waals surface area contributed by atoms with Gasteiger partial charge in [-0.15, -0.1) is 0 Å². The van der Waals surface area contributed by atoms with Crippen LogP contribution in [0.5, 0.6) is 0 Å². The van der Waals surface area contributed by atoms with Gasteiger partial charge in [-0.05, 0) is 13.0 Å². The van der Waals surface area contributed by atoms with Crippen LogP contribution in [-0.4, -0.2) is 9.97 Å². The number of rotatable bonds is 0. The van der Waals surface area contributed by atoms with Crippen LogP contribution >= 0.6 is 0 Å². The number of aromatic nitrogens is 2. The van der Waals surface area contributed by atoms with Crippen molar-refractivity contribution in [3.63, 3.8) is 0 Å². The summed E-state index contributed by atoms with van der Waals surface area (Å²) in [6.07, 6.45) is 1.70. The second-order valence-corrected chi connectivity index (χ2v) is 2.53. The highest BCUT2D eigenvalue weighted by Gasteiger charge is 2.00. The van der Waals surface area contributed by atoms with E-state index in [2.05, 4.69) is 9.97 Å². The molecule has 0 unspecified atom stereocenters. The molecule has 13 heavy (non-hydrogen) atoms. The van der Waals surface area contributed by atoms with Crippen LogP contribution in [0.4, 0.5) is 0 Å².